The summed E-state index contributed by atoms with van der Waals surface area (Å²) in [6.45, 7) is 4.88. The Morgan fingerprint density at radius 1 is 1.29 bits per heavy atom. The number of likely N-dealkylation sites (tertiary alicyclic amines) is 1. The van der Waals surface area contributed by atoms with Crippen molar-refractivity contribution in [3.8, 4) is 10.7 Å². The number of rotatable bonds is 8. The lowest BCUT2D eigenvalue weighted by Gasteiger charge is -2.30. The zero-order chi connectivity index (χ0) is 21.6. The molecule has 0 spiro atoms. The Balaban J connectivity index is 1.37. The number of esters is 1. The smallest absolute Gasteiger partial charge is 0.309 e. The monoisotopic (exact) mass is 464 g/mol. The lowest BCUT2D eigenvalue weighted by molar-refractivity contribution is -0.151. The molecule has 2 aliphatic rings. The van der Waals surface area contributed by atoms with Crippen LogP contribution >= 0.6 is 23.1 Å². The van der Waals surface area contributed by atoms with Gasteiger partial charge in [-0.05, 0) is 44.1 Å². The highest BCUT2D eigenvalue weighted by molar-refractivity contribution is 7.99. The summed E-state index contributed by atoms with van der Waals surface area (Å²) in [5.74, 6) is 0.956. The zero-order valence-electron chi connectivity index (χ0n) is 17.7. The number of thiophene rings is 1. The molecular weight excluding hydrogens is 436 g/mol. The summed E-state index contributed by atoms with van der Waals surface area (Å²) in [4.78, 5) is 27.6. The number of ether oxygens (including phenoxy) is 2. The van der Waals surface area contributed by atoms with Crippen molar-refractivity contribution >= 4 is 35.0 Å². The second kappa shape index (κ2) is 10.6. The van der Waals surface area contributed by atoms with E-state index in [0.717, 1.165) is 35.3 Å². The van der Waals surface area contributed by atoms with Gasteiger partial charge in [0, 0.05) is 19.7 Å². The minimum Gasteiger partial charge on any atom is -0.466 e. The Morgan fingerprint density at radius 3 is 2.81 bits per heavy atom. The van der Waals surface area contributed by atoms with Crippen LogP contribution < -0.4 is 0 Å². The van der Waals surface area contributed by atoms with Gasteiger partial charge in [0.1, 0.15) is 0 Å². The van der Waals surface area contributed by atoms with E-state index in [9.17, 15) is 9.59 Å². The molecule has 2 aromatic heterocycles. The third-order valence-corrected chi connectivity index (χ3v) is 7.48. The van der Waals surface area contributed by atoms with Crippen LogP contribution in [0.15, 0.2) is 22.7 Å². The fourth-order valence-electron chi connectivity index (χ4n) is 3.98. The van der Waals surface area contributed by atoms with Crippen molar-refractivity contribution in [2.24, 2.45) is 5.92 Å². The fourth-order valence-corrected chi connectivity index (χ4v) is 5.55. The van der Waals surface area contributed by atoms with Gasteiger partial charge in [-0.1, -0.05) is 17.8 Å². The van der Waals surface area contributed by atoms with Crippen LogP contribution in [0, 0.1) is 5.92 Å². The third-order valence-electron chi connectivity index (χ3n) is 5.66. The standard InChI is InChI=1S/C21H28N4O4S2/c1-2-28-20(27)15-7-9-24(10-8-15)18(26)14-31-21-23-22-19(17-6-4-12-30-17)25(21)13-16-5-3-11-29-16/h4,6,12,15-16H,2-3,5,7-11,13-14H2,1H3/t16-/m1/s1. The quantitative estimate of drug-likeness (QED) is 0.438. The van der Waals surface area contributed by atoms with Gasteiger partial charge in [-0.15, -0.1) is 21.5 Å². The molecule has 2 fully saturated rings. The largest absolute Gasteiger partial charge is 0.466 e. The summed E-state index contributed by atoms with van der Waals surface area (Å²) < 4.78 is 13.0. The Morgan fingerprint density at radius 2 is 2.13 bits per heavy atom. The molecule has 4 rings (SSSR count). The van der Waals surface area contributed by atoms with E-state index in [4.69, 9.17) is 9.47 Å². The predicted molar refractivity (Wildman–Crippen MR) is 119 cm³/mol. The Hall–Kier alpha value is -1.91. The topological polar surface area (TPSA) is 86.5 Å². The number of carbonyl (C=O) groups excluding carboxylic acids is 2. The molecule has 4 heterocycles. The van der Waals surface area contributed by atoms with Crippen molar-refractivity contribution in [2.45, 2.75) is 50.4 Å². The van der Waals surface area contributed by atoms with Gasteiger partial charge in [-0.25, -0.2) is 0 Å². The van der Waals surface area contributed by atoms with Crippen LogP contribution in [0.3, 0.4) is 0 Å². The van der Waals surface area contributed by atoms with Crippen molar-refractivity contribution in [3.63, 3.8) is 0 Å². The van der Waals surface area contributed by atoms with E-state index < -0.39 is 0 Å². The minimum atomic E-state index is -0.146. The van der Waals surface area contributed by atoms with E-state index >= 15 is 0 Å². The number of piperidine rings is 1. The molecule has 0 bridgehead atoms. The first-order valence-corrected chi connectivity index (χ1v) is 12.7. The van der Waals surface area contributed by atoms with Crippen LogP contribution in [0.4, 0.5) is 0 Å². The first-order chi connectivity index (χ1) is 15.2. The van der Waals surface area contributed by atoms with Crippen LogP contribution in [0.5, 0.6) is 0 Å². The molecular formula is C21H28N4O4S2. The van der Waals surface area contributed by atoms with Gasteiger partial charge in [0.2, 0.25) is 5.91 Å². The number of hydrogen-bond donors (Lipinski definition) is 0. The molecule has 0 aromatic carbocycles. The Bertz CT molecular complexity index is 872. The van der Waals surface area contributed by atoms with Gasteiger partial charge in [0.25, 0.3) is 0 Å². The maximum Gasteiger partial charge on any atom is 0.309 e. The lowest BCUT2D eigenvalue weighted by atomic mass is 9.97. The molecule has 2 saturated heterocycles. The second-order valence-corrected chi connectivity index (χ2v) is 9.62. The van der Waals surface area contributed by atoms with Crippen LogP contribution in [-0.4, -0.2) is 69.7 Å². The van der Waals surface area contributed by atoms with E-state index in [1.807, 2.05) is 29.3 Å². The maximum atomic E-state index is 12.8. The lowest BCUT2D eigenvalue weighted by Crippen LogP contribution is -2.41. The SMILES string of the molecule is CCOC(=O)C1CCN(C(=O)CSc2nnc(-c3cccs3)n2C[C@H]2CCCO2)CC1. The summed E-state index contributed by atoms with van der Waals surface area (Å²) in [6.07, 6.45) is 3.58. The van der Waals surface area contributed by atoms with E-state index in [0.29, 0.717) is 44.8 Å². The predicted octanol–water partition coefficient (Wildman–Crippen LogP) is 3.08. The normalized spacial score (nSPS) is 19.6. The van der Waals surface area contributed by atoms with Gasteiger partial charge in [-0.2, -0.15) is 0 Å². The summed E-state index contributed by atoms with van der Waals surface area (Å²) >= 11 is 3.05. The molecule has 2 aliphatic heterocycles. The maximum absolute atomic E-state index is 12.8. The van der Waals surface area contributed by atoms with E-state index in [-0.39, 0.29) is 23.9 Å². The molecule has 2 aromatic rings. The summed E-state index contributed by atoms with van der Waals surface area (Å²) in [5, 5.41) is 11.6. The van der Waals surface area contributed by atoms with Crippen molar-refractivity contribution in [1.29, 1.82) is 0 Å². The molecule has 1 amide bonds. The van der Waals surface area contributed by atoms with Gasteiger partial charge >= 0.3 is 5.97 Å². The summed E-state index contributed by atoms with van der Waals surface area (Å²) in [7, 11) is 0. The van der Waals surface area contributed by atoms with E-state index in [1.165, 1.54) is 11.8 Å². The molecule has 0 saturated carbocycles. The molecule has 0 N–H and O–H groups in total. The van der Waals surface area contributed by atoms with Crippen molar-refractivity contribution in [2.75, 3.05) is 32.1 Å². The number of thioether (sulfide) groups is 1. The molecule has 8 nitrogen and oxygen atoms in total. The highest BCUT2D eigenvalue weighted by Gasteiger charge is 2.29. The molecule has 0 unspecified atom stereocenters. The number of hydrogen-bond acceptors (Lipinski definition) is 8. The van der Waals surface area contributed by atoms with Gasteiger partial charge in [0.05, 0.1) is 35.8 Å². The molecule has 31 heavy (non-hydrogen) atoms. The second-order valence-electron chi connectivity index (χ2n) is 7.72. The first-order valence-electron chi connectivity index (χ1n) is 10.8. The van der Waals surface area contributed by atoms with Crippen LogP contribution in [0.25, 0.3) is 10.7 Å². The van der Waals surface area contributed by atoms with E-state index in [1.54, 1.807) is 11.3 Å². The van der Waals surface area contributed by atoms with Gasteiger partial charge in [-0.3, -0.25) is 14.2 Å². The first kappa shape index (κ1) is 22.3. The van der Waals surface area contributed by atoms with Crippen molar-refractivity contribution in [3.05, 3.63) is 17.5 Å². The fraction of sp³-hybridized carbons (Fsp3) is 0.619. The molecule has 10 heteroatoms. The van der Waals surface area contributed by atoms with Crippen molar-refractivity contribution < 1.29 is 19.1 Å². The number of carbonyl (C=O) groups is 2. The van der Waals surface area contributed by atoms with Crippen LogP contribution in [-0.2, 0) is 25.6 Å². The number of nitrogens with zero attached hydrogens (tertiary/aromatic N) is 4. The molecule has 0 aliphatic carbocycles. The average Bonchev–Trinajstić information content (AvgIpc) is 3.55. The van der Waals surface area contributed by atoms with Crippen LogP contribution in [0.1, 0.15) is 32.6 Å². The van der Waals surface area contributed by atoms with Crippen molar-refractivity contribution in [1.82, 2.24) is 19.7 Å². The number of amides is 1. The van der Waals surface area contributed by atoms with Crippen LogP contribution in [0.2, 0.25) is 0 Å². The average molecular weight is 465 g/mol. The summed E-state index contributed by atoms with van der Waals surface area (Å²) in [5.41, 5.74) is 0. The Kier molecular flexibility index (Phi) is 7.62. The molecule has 0 radical (unpaired) electrons. The minimum absolute atomic E-state index is 0.0663. The summed E-state index contributed by atoms with van der Waals surface area (Å²) in [6, 6.07) is 4.04. The zero-order valence-corrected chi connectivity index (χ0v) is 19.3. The molecule has 1 atom stereocenters. The highest BCUT2D eigenvalue weighted by Crippen LogP contribution is 2.29. The Labute approximate surface area is 190 Å². The highest BCUT2D eigenvalue weighted by atomic mass is 32.2. The van der Waals surface area contributed by atoms with Gasteiger partial charge in [0.15, 0.2) is 11.0 Å². The number of aromatic nitrogens is 3. The van der Waals surface area contributed by atoms with E-state index in [2.05, 4.69) is 14.8 Å². The van der Waals surface area contributed by atoms with Gasteiger partial charge < -0.3 is 14.4 Å². The third kappa shape index (κ3) is 5.48. The molecule has 168 valence electrons.